The summed E-state index contributed by atoms with van der Waals surface area (Å²) in [5.41, 5.74) is 3.28. The van der Waals surface area contributed by atoms with E-state index in [9.17, 15) is 9.90 Å². The van der Waals surface area contributed by atoms with Crippen LogP contribution >= 0.6 is 0 Å². The van der Waals surface area contributed by atoms with Crippen LogP contribution in [0.15, 0.2) is 44.1 Å². The van der Waals surface area contributed by atoms with Crippen LogP contribution in [-0.4, -0.2) is 34.4 Å². The zero-order valence-corrected chi connectivity index (χ0v) is 15.6. The van der Waals surface area contributed by atoms with Crippen LogP contribution in [0.25, 0.3) is 11.0 Å². The maximum atomic E-state index is 12.0. The summed E-state index contributed by atoms with van der Waals surface area (Å²) in [6.45, 7) is 5.93. The minimum Gasteiger partial charge on any atom is -0.423 e. The number of hydrogen-bond acceptors (Lipinski definition) is 6. The normalized spacial score (nSPS) is 20.6. The molecular formula is C21H24N2O4. The molecule has 27 heavy (non-hydrogen) atoms. The standard InChI is InChI=1S/C21H24N2O4/c1-3-14-4-5-20-18(7-14)15(9-21(25)26-20)10-23-11-16(19(24)12-23)8-17-6-13(2)22-27-17/h4-7,9,16,19,24H,3,8,10-12H2,1-2H3/t16-,19-/m1/s1. The lowest BCUT2D eigenvalue weighted by Gasteiger charge is -2.16. The van der Waals surface area contributed by atoms with E-state index >= 15 is 0 Å². The van der Waals surface area contributed by atoms with Crippen LogP contribution in [0.4, 0.5) is 0 Å². The largest absolute Gasteiger partial charge is 0.423 e. The van der Waals surface area contributed by atoms with Crippen molar-refractivity contribution >= 4 is 11.0 Å². The molecule has 6 heteroatoms. The summed E-state index contributed by atoms with van der Waals surface area (Å²) < 4.78 is 10.6. The van der Waals surface area contributed by atoms with Gasteiger partial charge in [0.2, 0.25) is 0 Å². The Morgan fingerprint density at radius 1 is 1.26 bits per heavy atom. The number of nitrogens with zero attached hydrogens (tertiary/aromatic N) is 2. The smallest absolute Gasteiger partial charge is 0.336 e. The average molecular weight is 368 g/mol. The van der Waals surface area contributed by atoms with Crippen molar-refractivity contribution in [3.63, 3.8) is 0 Å². The predicted molar refractivity (Wildman–Crippen MR) is 102 cm³/mol. The van der Waals surface area contributed by atoms with Crippen molar-refractivity contribution in [2.24, 2.45) is 5.92 Å². The first kappa shape index (κ1) is 17.9. The van der Waals surface area contributed by atoms with Crippen LogP contribution in [0.1, 0.15) is 29.5 Å². The van der Waals surface area contributed by atoms with Crippen LogP contribution in [-0.2, 0) is 19.4 Å². The summed E-state index contributed by atoms with van der Waals surface area (Å²) >= 11 is 0. The van der Waals surface area contributed by atoms with Gasteiger partial charge in [0, 0.05) is 49.5 Å². The Labute approximate surface area is 157 Å². The molecule has 0 spiro atoms. The third kappa shape index (κ3) is 3.82. The van der Waals surface area contributed by atoms with Gasteiger partial charge in [-0.15, -0.1) is 0 Å². The minimum atomic E-state index is -0.423. The molecule has 1 N–H and O–H groups in total. The van der Waals surface area contributed by atoms with E-state index in [0.29, 0.717) is 25.1 Å². The molecule has 2 aromatic heterocycles. The van der Waals surface area contributed by atoms with E-state index in [2.05, 4.69) is 23.0 Å². The SMILES string of the molecule is CCc1ccc2oc(=O)cc(CN3C[C@@H](Cc4cc(C)no4)[C@H](O)C3)c2c1. The van der Waals surface area contributed by atoms with Crippen molar-refractivity contribution in [1.29, 1.82) is 0 Å². The summed E-state index contributed by atoms with van der Waals surface area (Å²) in [6.07, 6.45) is 1.17. The highest BCUT2D eigenvalue weighted by atomic mass is 16.5. The topological polar surface area (TPSA) is 79.7 Å². The zero-order valence-electron chi connectivity index (χ0n) is 15.6. The van der Waals surface area contributed by atoms with Crippen LogP contribution in [0.3, 0.4) is 0 Å². The van der Waals surface area contributed by atoms with Gasteiger partial charge in [-0.3, -0.25) is 4.90 Å². The fraction of sp³-hybridized carbons (Fsp3) is 0.429. The van der Waals surface area contributed by atoms with Crippen LogP contribution in [0, 0.1) is 12.8 Å². The zero-order chi connectivity index (χ0) is 19.0. The number of hydrogen-bond donors (Lipinski definition) is 1. The fourth-order valence-electron chi connectivity index (χ4n) is 3.91. The van der Waals surface area contributed by atoms with E-state index in [1.165, 1.54) is 5.56 Å². The van der Waals surface area contributed by atoms with E-state index in [1.807, 2.05) is 25.1 Å². The van der Waals surface area contributed by atoms with Gasteiger partial charge >= 0.3 is 5.63 Å². The van der Waals surface area contributed by atoms with Crippen molar-refractivity contribution in [3.05, 3.63) is 63.3 Å². The lowest BCUT2D eigenvalue weighted by atomic mass is 10.0. The Kier molecular flexibility index (Phi) is 4.85. The molecule has 0 radical (unpaired) electrons. The highest BCUT2D eigenvalue weighted by molar-refractivity contribution is 5.80. The van der Waals surface area contributed by atoms with Gasteiger partial charge in [0.25, 0.3) is 0 Å². The number of fused-ring (bicyclic) bond motifs is 1. The van der Waals surface area contributed by atoms with Crippen molar-refractivity contribution in [2.75, 3.05) is 13.1 Å². The molecule has 6 nitrogen and oxygen atoms in total. The maximum Gasteiger partial charge on any atom is 0.336 e. The summed E-state index contributed by atoms with van der Waals surface area (Å²) in [5, 5.41) is 15.4. The first-order valence-electron chi connectivity index (χ1n) is 9.40. The van der Waals surface area contributed by atoms with Gasteiger partial charge in [0.1, 0.15) is 11.3 Å². The number of aliphatic hydroxyl groups excluding tert-OH is 1. The number of aromatic nitrogens is 1. The Hall–Kier alpha value is -2.44. The summed E-state index contributed by atoms with van der Waals surface area (Å²) in [7, 11) is 0. The second-order valence-electron chi connectivity index (χ2n) is 7.43. The predicted octanol–water partition coefficient (Wildman–Crippen LogP) is 2.69. The van der Waals surface area contributed by atoms with Gasteiger partial charge in [0.05, 0.1) is 11.8 Å². The molecule has 3 aromatic rings. The summed E-state index contributed by atoms with van der Waals surface area (Å²) in [5.74, 6) is 0.895. The van der Waals surface area contributed by atoms with E-state index in [4.69, 9.17) is 8.94 Å². The molecule has 0 saturated carbocycles. The van der Waals surface area contributed by atoms with Gasteiger partial charge in [-0.05, 0) is 36.6 Å². The number of benzene rings is 1. The third-order valence-corrected chi connectivity index (χ3v) is 5.32. The molecule has 1 aliphatic rings. The van der Waals surface area contributed by atoms with Crippen molar-refractivity contribution in [3.8, 4) is 0 Å². The lowest BCUT2D eigenvalue weighted by Crippen LogP contribution is -2.22. The highest BCUT2D eigenvalue weighted by Crippen LogP contribution is 2.26. The lowest BCUT2D eigenvalue weighted by molar-refractivity contribution is 0.137. The van der Waals surface area contributed by atoms with Gasteiger partial charge in [0.15, 0.2) is 0 Å². The Bertz CT molecular complexity index is 1010. The second kappa shape index (κ2) is 7.29. The number of rotatable bonds is 5. The molecule has 0 unspecified atom stereocenters. The monoisotopic (exact) mass is 368 g/mol. The molecule has 1 fully saturated rings. The Morgan fingerprint density at radius 2 is 2.11 bits per heavy atom. The van der Waals surface area contributed by atoms with Crippen molar-refractivity contribution in [2.45, 2.75) is 39.3 Å². The average Bonchev–Trinajstić information content (AvgIpc) is 3.20. The maximum absolute atomic E-state index is 12.0. The second-order valence-corrected chi connectivity index (χ2v) is 7.43. The van der Waals surface area contributed by atoms with Crippen molar-refractivity contribution in [1.82, 2.24) is 10.1 Å². The molecule has 4 rings (SSSR count). The molecular weight excluding hydrogens is 344 g/mol. The molecule has 1 aromatic carbocycles. The van der Waals surface area contributed by atoms with Gasteiger partial charge in [-0.25, -0.2) is 4.79 Å². The highest BCUT2D eigenvalue weighted by Gasteiger charge is 2.32. The third-order valence-electron chi connectivity index (χ3n) is 5.32. The number of likely N-dealkylation sites (tertiary alicyclic amines) is 1. The van der Waals surface area contributed by atoms with Crippen LogP contribution in [0.5, 0.6) is 0 Å². The minimum absolute atomic E-state index is 0.0925. The summed E-state index contributed by atoms with van der Waals surface area (Å²) in [4.78, 5) is 14.1. The molecule has 0 aliphatic carbocycles. The molecule has 2 atom stereocenters. The first-order valence-corrected chi connectivity index (χ1v) is 9.40. The van der Waals surface area contributed by atoms with E-state index in [0.717, 1.165) is 35.4 Å². The number of aliphatic hydroxyl groups is 1. The van der Waals surface area contributed by atoms with Gasteiger partial charge < -0.3 is 14.0 Å². The molecule has 3 heterocycles. The van der Waals surface area contributed by atoms with Crippen LogP contribution in [0.2, 0.25) is 0 Å². The van der Waals surface area contributed by atoms with Crippen LogP contribution < -0.4 is 5.63 Å². The molecule has 0 amide bonds. The molecule has 0 bridgehead atoms. The molecule has 1 aliphatic heterocycles. The van der Waals surface area contributed by atoms with Gasteiger partial charge in [-0.1, -0.05) is 18.1 Å². The van der Waals surface area contributed by atoms with Crippen molar-refractivity contribution < 1.29 is 14.0 Å². The number of β-amino-alcohol motifs (C(OH)–C–C–N with tert-alkyl or cyclic N) is 1. The Morgan fingerprint density at radius 3 is 2.85 bits per heavy atom. The van der Waals surface area contributed by atoms with E-state index in [-0.39, 0.29) is 11.5 Å². The summed E-state index contributed by atoms with van der Waals surface area (Å²) in [6, 6.07) is 9.44. The quantitative estimate of drug-likeness (QED) is 0.698. The fourth-order valence-corrected chi connectivity index (χ4v) is 3.91. The molecule has 142 valence electrons. The van der Waals surface area contributed by atoms with Gasteiger partial charge in [-0.2, -0.15) is 0 Å². The van der Waals surface area contributed by atoms with E-state index in [1.54, 1.807) is 6.07 Å². The molecule has 1 saturated heterocycles. The van der Waals surface area contributed by atoms with E-state index < -0.39 is 6.10 Å². The Balaban J connectivity index is 1.54. The first-order chi connectivity index (χ1) is 13.0. The number of aryl methyl sites for hydroxylation is 2.